The number of ether oxygens (including phenoxy) is 1. The highest BCUT2D eigenvalue weighted by atomic mass is 35.5. The molecule has 2 fully saturated rings. The molecule has 0 radical (unpaired) electrons. The van der Waals surface area contributed by atoms with E-state index >= 15 is 0 Å². The van der Waals surface area contributed by atoms with Gasteiger partial charge < -0.3 is 20.3 Å². The van der Waals surface area contributed by atoms with Gasteiger partial charge in [0.25, 0.3) is 0 Å². The molecule has 0 bridgehead atoms. The molecule has 6 rings (SSSR count). The van der Waals surface area contributed by atoms with Crippen LogP contribution < -0.4 is 25.0 Å². The first-order valence-electron chi connectivity index (χ1n) is 12.2. The van der Waals surface area contributed by atoms with Crippen molar-refractivity contribution in [2.75, 3.05) is 52.8 Å². The Bertz CT molecular complexity index is 1430. The van der Waals surface area contributed by atoms with Gasteiger partial charge in [-0.2, -0.15) is 4.98 Å². The average Bonchev–Trinajstić information content (AvgIpc) is 3.71. The lowest BCUT2D eigenvalue weighted by molar-refractivity contribution is 0.161. The highest BCUT2D eigenvalue weighted by molar-refractivity contribution is 7.92. The van der Waals surface area contributed by atoms with Crippen LogP contribution in [-0.4, -0.2) is 67.9 Å². The van der Waals surface area contributed by atoms with Crippen molar-refractivity contribution in [1.29, 1.82) is 0 Å². The molecule has 3 aliphatic rings. The number of piperazine rings is 1. The maximum atomic E-state index is 11.7. The molecule has 2 aliphatic heterocycles. The number of para-hydroxylation sites is 2. The molecule has 10 nitrogen and oxygen atoms in total. The number of anilines is 6. The van der Waals surface area contributed by atoms with Crippen LogP contribution in [0.15, 0.2) is 48.7 Å². The first-order chi connectivity index (χ1) is 17.8. The lowest BCUT2D eigenvalue weighted by Gasteiger charge is -2.45. The topological polar surface area (TPSA) is 112 Å². The number of hydrogen-bond donors (Lipinski definition) is 3. The van der Waals surface area contributed by atoms with Gasteiger partial charge in [-0.05, 0) is 37.1 Å². The van der Waals surface area contributed by atoms with E-state index in [4.69, 9.17) is 16.3 Å². The standard InChI is InChI=1S/C25H28ClN7O3S/c1-37(34,35)31-21-5-3-2-4-20(21)29-24-19(26)13-27-25(30-24)28-16-6-9-22-23(12-16)36-15-18-14-32(17-7-8-17)10-11-33(18)22/h2-6,9,12-13,17-18,31H,7-8,10-11,14-15H2,1H3,(H2,27,28,29,30)/t18-/m0/s1. The van der Waals surface area contributed by atoms with Gasteiger partial charge in [0, 0.05) is 37.4 Å². The highest BCUT2D eigenvalue weighted by Crippen LogP contribution is 2.39. The van der Waals surface area contributed by atoms with Gasteiger partial charge >= 0.3 is 0 Å². The molecule has 2 aromatic carbocycles. The number of halogens is 1. The van der Waals surface area contributed by atoms with Crippen LogP contribution in [0.2, 0.25) is 5.02 Å². The summed E-state index contributed by atoms with van der Waals surface area (Å²) in [6, 6.07) is 14.1. The third-order valence-corrected chi connectivity index (χ3v) is 7.62. The van der Waals surface area contributed by atoms with Crippen LogP contribution >= 0.6 is 11.6 Å². The zero-order valence-electron chi connectivity index (χ0n) is 20.3. The summed E-state index contributed by atoms with van der Waals surface area (Å²) in [7, 11) is -3.46. The number of rotatable bonds is 7. The lowest BCUT2D eigenvalue weighted by atomic mass is 10.1. The first-order valence-corrected chi connectivity index (χ1v) is 14.5. The van der Waals surface area contributed by atoms with Crippen LogP contribution in [0.25, 0.3) is 0 Å². The molecule has 0 unspecified atom stereocenters. The molecule has 1 saturated heterocycles. The Balaban J connectivity index is 1.18. The summed E-state index contributed by atoms with van der Waals surface area (Å²) >= 11 is 6.35. The highest BCUT2D eigenvalue weighted by Gasteiger charge is 2.38. The van der Waals surface area contributed by atoms with Crippen LogP contribution in [0.1, 0.15) is 12.8 Å². The average molecular weight is 542 g/mol. The van der Waals surface area contributed by atoms with Crippen molar-refractivity contribution in [3.8, 4) is 5.75 Å². The molecule has 1 atom stereocenters. The first kappa shape index (κ1) is 24.1. The van der Waals surface area contributed by atoms with Crippen molar-refractivity contribution in [1.82, 2.24) is 14.9 Å². The third-order valence-electron chi connectivity index (χ3n) is 6.75. The molecule has 1 aromatic heterocycles. The number of benzene rings is 2. The number of hydrogen-bond acceptors (Lipinski definition) is 9. The Kier molecular flexibility index (Phi) is 6.21. The van der Waals surface area contributed by atoms with Gasteiger partial charge in [0.1, 0.15) is 17.4 Å². The molecule has 0 spiro atoms. The SMILES string of the molecule is CS(=O)(=O)Nc1ccccc1Nc1nc(Nc2ccc3c(c2)OC[C@@H]2CN(C4CC4)CCN32)ncc1Cl. The van der Waals surface area contributed by atoms with Gasteiger partial charge in [-0.1, -0.05) is 23.7 Å². The number of aromatic nitrogens is 2. The second-order valence-electron chi connectivity index (χ2n) is 9.63. The summed E-state index contributed by atoms with van der Waals surface area (Å²) in [6.07, 6.45) is 5.24. The Morgan fingerprint density at radius 2 is 1.86 bits per heavy atom. The quantitative estimate of drug-likeness (QED) is 0.408. The predicted octanol–water partition coefficient (Wildman–Crippen LogP) is 4.03. The number of sulfonamides is 1. The smallest absolute Gasteiger partial charge is 0.229 e. The van der Waals surface area contributed by atoms with Crippen molar-refractivity contribution in [2.45, 2.75) is 24.9 Å². The van der Waals surface area contributed by atoms with Crippen molar-refractivity contribution < 1.29 is 13.2 Å². The molecule has 3 aromatic rings. The predicted molar refractivity (Wildman–Crippen MR) is 146 cm³/mol. The minimum Gasteiger partial charge on any atom is -0.489 e. The van der Waals surface area contributed by atoms with Crippen molar-refractivity contribution >= 4 is 56.1 Å². The summed E-state index contributed by atoms with van der Waals surface area (Å²) in [5.41, 5.74) is 2.81. The maximum absolute atomic E-state index is 11.7. The van der Waals surface area contributed by atoms with Gasteiger partial charge in [0.05, 0.1) is 35.6 Å². The summed E-state index contributed by atoms with van der Waals surface area (Å²) in [5, 5.41) is 6.62. The molecule has 37 heavy (non-hydrogen) atoms. The molecular weight excluding hydrogens is 514 g/mol. The molecule has 1 saturated carbocycles. The molecule has 194 valence electrons. The third kappa shape index (κ3) is 5.39. The van der Waals surface area contributed by atoms with Gasteiger partial charge in [0.2, 0.25) is 16.0 Å². The number of nitrogens with one attached hydrogen (secondary N) is 3. The van der Waals surface area contributed by atoms with Crippen LogP contribution in [0.3, 0.4) is 0 Å². The maximum Gasteiger partial charge on any atom is 0.229 e. The molecule has 3 N–H and O–H groups in total. The van der Waals surface area contributed by atoms with Crippen molar-refractivity contribution in [3.05, 3.63) is 53.7 Å². The van der Waals surface area contributed by atoms with Gasteiger partial charge in [-0.3, -0.25) is 9.62 Å². The largest absolute Gasteiger partial charge is 0.489 e. The fourth-order valence-corrected chi connectivity index (χ4v) is 5.61. The Morgan fingerprint density at radius 1 is 1.05 bits per heavy atom. The van der Waals surface area contributed by atoms with Crippen molar-refractivity contribution in [3.63, 3.8) is 0 Å². The fraction of sp³-hybridized carbons (Fsp3) is 0.360. The van der Waals surface area contributed by atoms with Gasteiger partial charge in [-0.25, -0.2) is 13.4 Å². The molecule has 12 heteroatoms. The van der Waals surface area contributed by atoms with E-state index in [0.717, 1.165) is 49.1 Å². The minimum atomic E-state index is -3.46. The zero-order valence-corrected chi connectivity index (χ0v) is 21.9. The number of fused-ring (bicyclic) bond motifs is 3. The van der Waals surface area contributed by atoms with Crippen LogP contribution in [0.5, 0.6) is 5.75 Å². The van der Waals surface area contributed by atoms with E-state index in [-0.39, 0.29) is 0 Å². The van der Waals surface area contributed by atoms with Gasteiger partial charge in [-0.15, -0.1) is 0 Å². The van der Waals surface area contributed by atoms with Gasteiger partial charge in [0.15, 0.2) is 5.82 Å². The lowest BCUT2D eigenvalue weighted by Crippen LogP contribution is -2.57. The van der Waals surface area contributed by atoms with Crippen LogP contribution in [-0.2, 0) is 10.0 Å². The van der Waals surface area contributed by atoms with E-state index < -0.39 is 10.0 Å². The monoisotopic (exact) mass is 541 g/mol. The molecule has 3 heterocycles. The minimum absolute atomic E-state index is 0.296. The summed E-state index contributed by atoms with van der Waals surface area (Å²) < 4.78 is 32.1. The summed E-state index contributed by atoms with van der Waals surface area (Å²) in [5.74, 6) is 1.52. The van der Waals surface area contributed by atoms with E-state index in [1.165, 1.54) is 19.0 Å². The molecular formula is C25H28ClN7O3S. The second-order valence-corrected chi connectivity index (χ2v) is 11.8. The molecule has 0 amide bonds. The summed E-state index contributed by atoms with van der Waals surface area (Å²) in [6.45, 7) is 3.83. The van der Waals surface area contributed by atoms with Crippen molar-refractivity contribution in [2.24, 2.45) is 0 Å². The van der Waals surface area contributed by atoms with Crippen LogP contribution in [0, 0.1) is 0 Å². The summed E-state index contributed by atoms with van der Waals surface area (Å²) in [4.78, 5) is 13.9. The van der Waals surface area contributed by atoms with E-state index in [1.54, 1.807) is 24.3 Å². The Morgan fingerprint density at radius 3 is 2.65 bits per heavy atom. The molecule has 1 aliphatic carbocycles. The van der Waals surface area contributed by atoms with E-state index in [9.17, 15) is 8.42 Å². The van der Waals surface area contributed by atoms with E-state index in [2.05, 4.69) is 41.2 Å². The van der Waals surface area contributed by atoms with E-state index in [1.807, 2.05) is 12.1 Å². The van der Waals surface area contributed by atoms with Crippen LogP contribution in [0.4, 0.5) is 34.5 Å². The normalized spacial score (nSPS) is 19.4. The van der Waals surface area contributed by atoms with E-state index in [0.29, 0.717) is 40.8 Å². The second kappa shape index (κ2) is 9.55. The number of nitrogens with zero attached hydrogens (tertiary/aromatic N) is 4. The Labute approximate surface area is 221 Å². The fourth-order valence-electron chi connectivity index (χ4n) is 4.89. The Hall–Kier alpha value is -3.28. The zero-order chi connectivity index (χ0) is 25.6.